The lowest BCUT2D eigenvalue weighted by molar-refractivity contribution is 0.392. The molecule has 0 amide bonds. The predicted octanol–water partition coefficient (Wildman–Crippen LogP) is 4.11. The lowest BCUT2D eigenvalue weighted by Gasteiger charge is -2.09. The molecule has 0 saturated heterocycles. The van der Waals surface area contributed by atoms with E-state index in [0.29, 0.717) is 11.6 Å². The summed E-state index contributed by atoms with van der Waals surface area (Å²) in [4.78, 5) is 4.40. The molecular weight excluding hydrogens is 274 g/mol. The van der Waals surface area contributed by atoms with Gasteiger partial charge in [-0.3, -0.25) is 4.98 Å². The Hall–Kier alpha value is -2.07. The van der Waals surface area contributed by atoms with Crippen molar-refractivity contribution in [3.63, 3.8) is 0 Å². The van der Waals surface area contributed by atoms with E-state index in [9.17, 15) is 0 Å². The van der Waals surface area contributed by atoms with E-state index in [2.05, 4.69) is 15.5 Å². The van der Waals surface area contributed by atoms with Crippen LogP contribution in [-0.4, -0.2) is 10.1 Å². The van der Waals surface area contributed by atoms with Crippen LogP contribution in [0, 0.1) is 13.8 Å². The van der Waals surface area contributed by atoms with Gasteiger partial charge in [0.2, 0.25) is 0 Å². The molecule has 2 heterocycles. The maximum absolute atomic E-state index is 6.19. The number of rotatable bonds is 3. The van der Waals surface area contributed by atoms with Gasteiger partial charge in [-0.25, -0.2) is 0 Å². The standard InChI is InChI=1S/C15H14ClN3O/c1-9-12(10(2)20-19-9)8-18-14-6-5-13(16)11-4-3-7-17-15(11)14/h3-7,18H,8H2,1-2H3. The predicted molar refractivity (Wildman–Crippen MR) is 80.1 cm³/mol. The van der Waals surface area contributed by atoms with Gasteiger partial charge in [-0.15, -0.1) is 0 Å². The molecule has 3 rings (SSSR count). The molecule has 1 N–H and O–H groups in total. The van der Waals surface area contributed by atoms with Crippen LogP contribution in [0.5, 0.6) is 0 Å². The highest BCUT2D eigenvalue weighted by Gasteiger charge is 2.10. The zero-order valence-electron chi connectivity index (χ0n) is 11.3. The van der Waals surface area contributed by atoms with Crippen LogP contribution in [0.3, 0.4) is 0 Å². The summed E-state index contributed by atoms with van der Waals surface area (Å²) in [6.07, 6.45) is 1.76. The molecule has 0 radical (unpaired) electrons. The van der Waals surface area contributed by atoms with Gasteiger partial charge in [0.15, 0.2) is 0 Å². The maximum Gasteiger partial charge on any atom is 0.138 e. The third-order valence-corrected chi connectivity index (χ3v) is 3.68. The second kappa shape index (κ2) is 5.13. The van der Waals surface area contributed by atoms with Crippen molar-refractivity contribution >= 4 is 28.2 Å². The molecule has 0 atom stereocenters. The third kappa shape index (κ3) is 2.23. The van der Waals surface area contributed by atoms with E-state index in [0.717, 1.165) is 33.6 Å². The number of hydrogen-bond donors (Lipinski definition) is 1. The summed E-state index contributed by atoms with van der Waals surface area (Å²) in [5.41, 5.74) is 3.79. The Morgan fingerprint density at radius 3 is 2.85 bits per heavy atom. The molecule has 0 unspecified atom stereocenters. The minimum atomic E-state index is 0.647. The highest BCUT2D eigenvalue weighted by molar-refractivity contribution is 6.35. The van der Waals surface area contributed by atoms with Gasteiger partial charge in [-0.1, -0.05) is 16.8 Å². The Kier molecular flexibility index (Phi) is 3.32. The number of nitrogens with zero attached hydrogens (tertiary/aromatic N) is 2. The fourth-order valence-electron chi connectivity index (χ4n) is 2.22. The molecule has 0 spiro atoms. The molecule has 20 heavy (non-hydrogen) atoms. The van der Waals surface area contributed by atoms with Crippen LogP contribution >= 0.6 is 11.6 Å². The van der Waals surface area contributed by atoms with Gasteiger partial charge in [-0.05, 0) is 38.1 Å². The minimum Gasteiger partial charge on any atom is -0.379 e. The van der Waals surface area contributed by atoms with Crippen LogP contribution in [0.1, 0.15) is 17.0 Å². The Morgan fingerprint density at radius 1 is 1.25 bits per heavy atom. The molecule has 0 fully saturated rings. The van der Waals surface area contributed by atoms with E-state index < -0.39 is 0 Å². The van der Waals surface area contributed by atoms with Crippen molar-refractivity contribution in [1.82, 2.24) is 10.1 Å². The van der Waals surface area contributed by atoms with E-state index in [1.807, 2.05) is 38.1 Å². The van der Waals surface area contributed by atoms with E-state index in [-0.39, 0.29) is 0 Å². The molecule has 1 aromatic carbocycles. The van der Waals surface area contributed by atoms with Crippen molar-refractivity contribution in [2.24, 2.45) is 0 Å². The largest absolute Gasteiger partial charge is 0.379 e. The number of pyridine rings is 1. The Balaban J connectivity index is 1.94. The molecule has 5 heteroatoms. The first-order valence-electron chi connectivity index (χ1n) is 6.35. The van der Waals surface area contributed by atoms with Crippen LogP contribution in [0.15, 0.2) is 35.0 Å². The van der Waals surface area contributed by atoms with Gasteiger partial charge < -0.3 is 9.84 Å². The van der Waals surface area contributed by atoms with Crippen LogP contribution in [-0.2, 0) is 6.54 Å². The molecule has 0 saturated carbocycles. The van der Waals surface area contributed by atoms with Crippen molar-refractivity contribution in [3.8, 4) is 0 Å². The molecule has 102 valence electrons. The second-order valence-electron chi connectivity index (χ2n) is 4.65. The van der Waals surface area contributed by atoms with E-state index >= 15 is 0 Å². The van der Waals surface area contributed by atoms with Crippen LogP contribution in [0.25, 0.3) is 10.9 Å². The van der Waals surface area contributed by atoms with Crippen molar-refractivity contribution in [3.05, 3.63) is 52.5 Å². The monoisotopic (exact) mass is 287 g/mol. The van der Waals surface area contributed by atoms with Crippen molar-refractivity contribution < 1.29 is 4.52 Å². The zero-order valence-corrected chi connectivity index (χ0v) is 12.0. The topological polar surface area (TPSA) is 51.0 Å². The summed E-state index contributed by atoms with van der Waals surface area (Å²) in [5.74, 6) is 0.834. The van der Waals surface area contributed by atoms with Gasteiger partial charge in [-0.2, -0.15) is 0 Å². The normalized spacial score (nSPS) is 10.9. The first-order valence-corrected chi connectivity index (χ1v) is 6.73. The summed E-state index contributed by atoms with van der Waals surface area (Å²) in [6.45, 7) is 4.50. The Morgan fingerprint density at radius 2 is 2.10 bits per heavy atom. The lowest BCUT2D eigenvalue weighted by atomic mass is 10.1. The van der Waals surface area contributed by atoms with Gasteiger partial charge in [0.05, 0.1) is 21.9 Å². The molecule has 0 aliphatic rings. The van der Waals surface area contributed by atoms with Crippen LogP contribution in [0.2, 0.25) is 5.02 Å². The first kappa shape index (κ1) is 12.9. The molecule has 3 aromatic rings. The van der Waals surface area contributed by atoms with Gasteiger partial charge in [0.1, 0.15) is 5.76 Å². The van der Waals surface area contributed by atoms with Crippen LogP contribution in [0.4, 0.5) is 5.69 Å². The molecule has 0 aliphatic carbocycles. The summed E-state index contributed by atoms with van der Waals surface area (Å²) >= 11 is 6.19. The number of aryl methyl sites for hydroxylation is 2. The number of aromatic nitrogens is 2. The third-order valence-electron chi connectivity index (χ3n) is 3.35. The highest BCUT2D eigenvalue weighted by atomic mass is 35.5. The second-order valence-corrected chi connectivity index (χ2v) is 5.06. The summed E-state index contributed by atoms with van der Waals surface area (Å²) in [6, 6.07) is 7.66. The average Bonchev–Trinajstić information content (AvgIpc) is 2.78. The SMILES string of the molecule is Cc1noc(C)c1CNc1ccc(Cl)c2cccnc12. The number of halogens is 1. The lowest BCUT2D eigenvalue weighted by Crippen LogP contribution is -2.02. The van der Waals surface area contributed by atoms with E-state index in [4.69, 9.17) is 16.1 Å². The molecule has 4 nitrogen and oxygen atoms in total. The fraction of sp³-hybridized carbons (Fsp3) is 0.200. The van der Waals surface area contributed by atoms with Gasteiger partial charge >= 0.3 is 0 Å². The van der Waals surface area contributed by atoms with Gasteiger partial charge in [0, 0.05) is 23.7 Å². The maximum atomic E-state index is 6.19. The summed E-state index contributed by atoms with van der Waals surface area (Å²) < 4.78 is 5.16. The molecule has 0 aliphatic heterocycles. The Bertz CT molecular complexity index is 747. The quantitative estimate of drug-likeness (QED) is 0.788. The fourth-order valence-corrected chi connectivity index (χ4v) is 2.43. The average molecular weight is 288 g/mol. The van der Waals surface area contributed by atoms with Crippen molar-refractivity contribution in [1.29, 1.82) is 0 Å². The smallest absolute Gasteiger partial charge is 0.138 e. The number of hydrogen-bond acceptors (Lipinski definition) is 4. The molecule has 0 bridgehead atoms. The van der Waals surface area contributed by atoms with Gasteiger partial charge in [0.25, 0.3) is 0 Å². The number of nitrogens with one attached hydrogen (secondary N) is 1. The van der Waals surface area contributed by atoms with E-state index in [1.54, 1.807) is 6.20 Å². The van der Waals surface area contributed by atoms with E-state index in [1.165, 1.54) is 0 Å². The minimum absolute atomic E-state index is 0.647. The summed E-state index contributed by atoms with van der Waals surface area (Å²) in [7, 11) is 0. The number of fused-ring (bicyclic) bond motifs is 1. The Labute approximate surface area is 121 Å². The highest BCUT2D eigenvalue weighted by Crippen LogP contribution is 2.28. The first-order chi connectivity index (χ1) is 9.66. The van der Waals surface area contributed by atoms with Crippen molar-refractivity contribution in [2.45, 2.75) is 20.4 Å². The zero-order chi connectivity index (χ0) is 14.1. The number of anilines is 1. The molecular formula is C15H14ClN3O. The molecule has 2 aromatic heterocycles. The summed E-state index contributed by atoms with van der Waals surface area (Å²) in [5, 5.41) is 8.98. The number of benzene rings is 1. The van der Waals surface area contributed by atoms with Crippen molar-refractivity contribution in [2.75, 3.05) is 5.32 Å². The van der Waals surface area contributed by atoms with Crippen LogP contribution < -0.4 is 5.32 Å².